The lowest BCUT2D eigenvalue weighted by Gasteiger charge is -2.34. The fourth-order valence-corrected chi connectivity index (χ4v) is 5.10. The number of hydrogen-bond donors (Lipinski definition) is 2. The first-order valence-corrected chi connectivity index (χ1v) is 10.9. The second-order valence-corrected chi connectivity index (χ2v) is 9.02. The average molecular weight is 422 g/mol. The maximum atomic E-state index is 12.9. The zero-order valence-corrected chi connectivity index (χ0v) is 17.8. The van der Waals surface area contributed by atoms with E-state index in [9.17, 15) is 9.59 Å². The number of piperazine rings is 1. The molecule has 1 aromatic carbocycles. The summed E-state index contributed by atoms with van der Waals surface area (Å²) in [6.45, 7) is 7.36. The van der Waals surface area contributed by atoms with Gasteiger partial charge in [-0.1, -0.05) is 18.2 Å². The molecule has 1 fully saturated rings. The van der Waals surface area contributed by atoms with E-state index in [1.54, 1.807) is 11.3 Å². The Labute approximate surface area is 177 Å². The van der Waals surface area contributed by atoms with Gasteiger partial charge in [0.1, 0.15) is 16.3 Å². The topological polar surface area (TPSA) is 85.1 Å². The molecule has 2 N–H and O–H groups in total. The number of thiophene rings is 1. The molecular formula is C22H23N5O2S. The summed E-state index contributed by atoms with van der Waals surface area (Å²) in [4.78, 5) is 42.2. The van der Waals surface area contributed by atoms with Gasteiger partial charge in [-0.2, -0.15) is 0 Å². The van der Waals surface area contributed by atoms with Crippen LogP contribution in [0.15, 0.2) is 35.1 Å². The molecule has 1 amide bonds. The van der Waals surface area contributed by atoms with Gasteiger partial charge in [0.25, 0.3) is 11.5 Å². The number of amides is 1. The fraction of sp³-hybridized carbons (Fsp3) is 0.318. The summed E-state index contributed by atoms with van der Waals surface area (Å²) in [5.74, 6) is 0.715. The van der Waals surface area contributed by atoms with Gasteiger partial charge < -0.3 is 14.9 Å². The van der Waals surface area contributed by atoms with Gasteiger partial charge in [0, 0.05) is 42.0 Å². The Morgan fingerprint density at radius 3 is 2.67 bits per heavy atom. The Morgan fingerprint density at radius 2 is 1.90 bits per heavy atom. The first kappa shape index (κ1) is 19.0. The highest BCUT2D eigenvalue weighted by Crippen LogP contribution is 2.26. The van der Waals surface area contributed by atoms with Crippen molar-refractivity contribution in [2.75, 3.05) is 26.2 Å². The highest BCUT2D eigenvalue weighted by atomic mass is 32.1. The summed E-state index contributed by atoms with van der Waals surface area (Å²) in [6.07, 6.45) is 0. The number of aromatic amines is 2. The Hall–Kier alpha value is -2.97. The molecule has 5 rings (SSSR count). The number of aryl methyl sites for hydroxylation is 2. The van der Waals surface area contributed by atoms with Crippen molar-refractivity contribution >= 4 is 38.4 Å². The van der Waals surface area contributed by atoms with Crippen LogP contribution >= 0.6 is 11.3 Å². The van der Waals surface area contributed by atoms with Gasteiger partial charge >= 0.3 is 0 Å². The van der Waals surface area contributed by atoms with Crippen molar-refractivity contribution in [1.82, 2.24) is 24.8 Å². The van der Waals surface area contributed by atoms with Crippen LogP contribution < -0.4 is 5.56 Å². The van der Waals surface area contributed by atoms with Crippen molar-refractivity contribution in [2.24, 2.45) is 0 Å². The summed E-state index contributed by atoms with van der Waals surface area (Å²) in [6, 6.07) is 9.82. The van der Waals surface area contributed by atoms with Crippen LogP contribution in [0.1, 0.15) is 26.8 Å². The lowest BCUT2D eigenvalue weighted by atomic mass is 10.2. The van der Waals surface area contributed by atoms with Crippen LogP contribution in [-0.2, 0) is 6.54 Å². The third-order valence-corrected chi connectivity index (χ3v) is 6.98. The number of rotatable bonds is 3. The predicted molar refractivity (Wildman–Crippen MR) is 119 cm³/mol. The smallest absolute Gasteiger partial charge is 0.270 e. The number of para-hydroxylation sites is 1. The number of nitrogens with zero attached hydrogens (tertiary/aromatic N) is 3. The number of carbonyl (C=O) groups excluding carboxylic acids is 1. The number of benzene rings is 1. The molecule has 154 valence electrons. The number of nitrogens with one attached hydrogen (secondary N) is 2. The van der Waals surface area contributed by atoms with Crippen molar-refractivity contribution in [1.29, 1.82) is 0 Å². The zero-order chi connectivity index (χ0) is 20.8. The largest absolute Gasteiger partial charge is 0.351 e. The highest BCUT2D eigenvalue weighted by molar-refractivity contribution is 7.18. The fourth-order valence-electron chi connectivity index (χ4n) is 4.05. The molecule has 1 saturated heterocycles. The van der Waals surface area contributed by atoms with E-state index in [4.69, 9.17) is 0 Å². The summed E-state index contributed by atoms with van der Waals surface area (Å²) in [5, 5.41) is 1.75. The van der Waals surface area contributed by atoms with Crippen molar-refractivity contribution in [2.45, 2.75) is 20.4 Å². The van der Waals surface area contributed by atoms with Gasteiger partial charge in [-0.15, -0.1) is 11.3 Å². The zero-order valence-electron chi connectivity index (χ0n) is 17.0. The molecule has 3 aromatic heterocycles. The van der Waals surface area contributed by atoms with Gasteiger partial charge in [0.15, 0.2) is 0 Å². The van der Waals surface area contributed by atoms with Gasteiger partial charge in [0.2, 0.25) is 0 Å². The van der Waals surface area contributed by atoms with E-state index >= 15 is 0 Å². The van der Waals surface area contributed by atoms with Crippen LogP contribution in [0.3, 0.4) is 0 Å². The molecule has 1 aliphatic heterocycles. The normalized spacial score (nSPS) is 15.3. The second kappa shape index (κ2) is 7.37. The van der Waals surface area contributed by atoms with E-state index in [-0.39, 0.29) is 11.5 Å². The number of H-pyrrole nitrogens is 2. The third kappa shape index (κ3) is 3.32. The molecule has 4 aromatic rings. The van der Waals surface area contributed by atoms with Crippen molar-refractivity contribution in [3.05, 3.63) is 62.6 Å². The molecule has 0 radical (unpaired) electrons. The molecule has 0 spiro atoms. The Balaban J connectivity index is 1.26. The second-order valence-electron chi connectivity index (χ2n) is 7.81. The summed E-state index contributed by atoms with van der Waals surface area (Å²) >= 11 is 1.57. The minimum absolute atomic E-state index is 0.0309. The van der Waals surface area contributed by atoms with Crippen molar-refractivity contribution in [3.63, 3.8) is 0 Å². The first-order valence-electron chi connectivity index (χ1n) is 10.1. The van der Waals surface area contributed by atoms with Gasteiger partial charge in [-0.05, 0) is 31.5 Å². The van der Waals surface area contributed by atoms with E-state index in [1.165, 1.54) is 0 Å². The van der Waals surface area contributed by atoms with Crippen LogP contribution in [0.5, 0.6) is 0 Å². The van der Waals surface area contributed by atoms with Crippen molar-refractivity contribution < 1.29 is 4.79 Å². The Kier molecular flexibility index (Phi) is 4.67. The Bertz CT molecular complexity index is 1280. The van der Waals surface area contributed by atoms with Crippen LogP contribution in [0.2, 0.25) is 0 Å². The molecule has 0 atom stereocenters. The number of hydrogen-bond acceptors (Lipinski definition) is 5. The molecule has 0 aliphatic carbocycles. The molecule has 7 nitrogen and oxygen atoms in total. The average Bonchev–Trinajstić information content (AvgIpc) is 3.29. The SMILES string of the molecule is Cc1sc2nc(CN3CCN(C(=O)c4cc5ccccc5[nH]4)CC3)[nH]c(=O)c2c1C. The number of aromatic nitrogens is 3. The summed E-state index contributed by atoms with van der Waals surface area (Å²) in [5.41, 5.74) is 2.55. The van der Waals surface area contributed by atoms with Crippen LogP contribution in [-0.4, -0.2) is 56.8 Å². The maximum Gasteiger partial charge on any atom is 0.270 e. The standard InChI is InChI=1S/C22H23N5O2S/c1-13-14(2)30-21-19(13)20(28)24-18(25-21)12-26-7-9-27(10-8-26)22(29)17-11-15-5-3-4-6-16(15)23-17/h3-6,11,23H,7-10,12H2,1-2H3,(H,24,25,28). The Morgan fingerprint density at radius 1 is 1.13 bits per heavy atom. The van der Waals surface area contributed by atoms with Gasteiger partial charge in [-0.25, -0.2) is 4.98 Å². The molecule has 0 bridgehead atoms. The molecule has 0 saturated carbocycles. The third-order valence-electron chi connectivity index (χ3n) is 5.88. The minimum atomic E-state index is -0.0653. The van der Waals surface area contributed by atoms with Gasteiger partial charge in [0.05, 0.1) is 11.9 Å². The van der Waals surface area contributed by atoms with E-state index in [0.29, 0.717) is 36.5 Å². The quantitative estimate of drug-likeness (QED) is 0.533. The minimum Gasteiger partial charge on any atom is -0.351 e. The van der Waals surface area contributed by atoms with E-state index in [0.717, 1.165) is 39.3 Å². The summed E-state index contributed by atoms with van der Waals surface area (Å²) < 4.78 is 0. The maximum absolute atomic E-state index is 12.9. The molecule has 8 heteroatoms. The van der Waals surface area contributed by atoms with Crippen LogP contribution in [0.25, 0.3) is 21.1 Å². The molecular weight excluding hydrogens is 398 g/mol. The predicted octanol–water partition coefficient (Wildman–Crippen LogP) is 3.04. The van der Waals surface area contributed by atoms with E-state index < -0.39 is 0 Å². The molecule has 30 heavy (non-hydrogen) atoms. The van der Waals surface area contributed by atoms with E-state index in [1.807, 2.05) is 49.1 Å². The lowest BCUT2D eigenvalue weighted by Crippen LogP contribution is -2.48. The monoisotopic (exact) mass is 421 g/mol. The van der Waals surface area contributed by atoms with Gasteiger partial charge in [-0.3, -0.25) is 14.5 Å². The number of fused-ring (bicyclic) bond motifs is 2. The van der Waals surface area contributed by atoms with Crippen LogP contribution in [0.4, 0.5) is 0 Å². The molecule has 1 aliphatic rings. The highest BCUT2D eigenvalue weighted by Gasteiger charge is 2.24. The lowest BCUT2D eigenvalue weighted by molar-refractivity contribution is 0.0620. The summed E-state index contributed by atoms with van der Waals surface area (Å²) in [7, 11) is 0. The molecule has 4 heterocycles. The van der Waals surface area contributed by atoms with Crippen molar-refractivity contribution in [3.8, 4) is 0 Å². The molecule has 0 unspecified atom stereocenters. The van der Waals surface area contributed by atoms with E-state index in [2.05, 4.69) is 19.9 Å². The number of carbonyl (C=O) groups is 1. The first-order chi connectivity index (χ1) is 14.5. The van der Waals surface area contributed by atoms with Crippen LogP contribution in [0, 0.1) is 13.8 Å².